The average molecular weight is 438 g/mol. The van der Waals surface area contributed by atoms with E-state index in [1.807, 2.05) is 18.5 Å². The van der Waals surface area contributed by atoms with Gasteiger partial charge in [-0.15, -0.1) is 0 Å². The van der Waals surface area contributed by atoms with Crippen LogP contribution in [-0.2, 0) is 4.79 Å². The second kappa shape index (κ2) is 8.27. The minimum atomic E-state index is 0.286. The molecule has 5 aliphatic rings. The molecule has 0 bridgehead atoms. The Bertz CT molecular complexity index is 815. The fourth-order valence-corrected chi connectivity index (χ4v) is 7.48. The lowest BCUT2D eigenvalue weighted by molar-refractivity contribution is -0.132. The molecule has 6 rings (SSSR count). The van der Waals surface area contributed by atoms with Crippen LogP contribution in [0.4, 0.5) is 5.95 Å². The Morgan fingerprint density at radius 1 is 0.875 bits per heavy atom. The number of fused-ring (bicyclic) bond motifs is 1. The van der Waals surface area contributed by atoms with E-state index in [2.05, 4.69) is 24.7 Å². The van der Waals surface area contributed by atoms with Crippen molar-refractivity contribution in [2.45, 2.75) is 64.2 Å². The monoisotopic (exact) mass is 437 g/mol. The third-order valence-electron chi connectivity index (χ3n) is 9.45. The van der Waals surface area contributed by atoms with E-state index >= 15 is 0 Å². The molecule has 0 N–H and O–H groups in total. The first-order chi connectivity index (χ1) is 15.6. The van der Waals surface area contributed by atoms with Gasteiger partial charge in [-0.25, -0.2) is 9.97 Å². The lowest BCUT2D eigenvalue weighted by atomic mass is 9.58. The number of carbonyl (C=O) groups is 1. The van der Waals surface area contributed by atoms with Gasteiger partial charge in [0.25, 0.3) is 0 Å². The normalized spacial score (nSPS) is 30.8. The van der Waals surface area contributed by atoms with E-state index in [-0.39, 0.29) is 5.41 Å². The average Bonchev–Trinajstić information content (AvgIpc) is 3.40. The van der Waals surface area contributed by atoms with Crippen molar-refractivity contribution >= 4 is 11.9 Å². The number of aromatic nitrogens is 2. The second-order valence-electron chi connectivity index (χ2n) is 11.7. The molecule has 1 aromatic rings. The Morgan fingerprint density at radius 3 is 2.38 bits per heavy atom. The first kappa shape index (κ1) is 20.9. The first-order valence-corrected chi connectivity index (χ1v) is 13.2. The van der Waals surface area contributed by atoms with Crippen LogP contribution in [0.3, 0.4) is 0 Å². The minimum absolute atomic E-state index is 0.286. The Morgan fingerprint density at radius 2 is 1.62 bits per heavy atom. The van der Waals surface area contributed by atoms with Crippen molar-refractivity contribution in [3.63, 3.8) is 0 Å². The van der Waals surface area contributed by atoms with Gasteiger partial charge in [-0.1, -0.05) is 12.8 Å². The summed E-state index contributed by atoms with van der Waals surface area (Å²) in [6.45, 7) is 7.78. The van der Waals surface area contributed by atoms with Crippen molar-refractivity contribution in [1.82, 2.24) is 19.8 Å². The Labute approximate surface area is 192 Å². The van der Waals surface area contributed by atoms with Crippen LogP contribution in [0.2, 0.25) is 0 Å². The summed E-state index contributed by atoms with van der Waals surface area (Å²) in [7, 11) is 0. The van der Waals surface area contributed by atoms with E-state index in [9.17, 15) is 4.79 Å². The van der Waals surface area contributed by atoms with E-state index in [0.29, 0.717) is 17.2 Å². The van der Waals surface area contributed by atoms with Crippen LogP contribution >= 0.6 is 0 Å². The molecule has 1 amide bonds. The summed E-state index contributed by atoms with van der Waals surface area (Å²) in [5, 5.41) is 0. The predicted molar refractivity (Wildman–Crippen MR) is 125 cm³/mol. The van der Waals surface area contributed by atoms with Crippen LogP contribution in [0.1, 0.15) is 64.2 Å². The molecule has 174 valence electrons. The van der Waals surface area contributed by atoms with Gasteiger partial charge in [-0.3, -0.25) is 4.79 Å². The van der Waals surface area contributed by atoms with Gasteiger partial charge in [-0.2, -0.15) is 0 Å². The van der Waals surface area contributed by atoms with Gasteiger partial charge >= 0.3 is 0 Å². The third-order valence-corrected chi connectivity index (χ3v) is 9.45. The Balaban J connectivity index is 1.18. The fraction of sp³-hybridized carbons (Fsp3) is 0.808. The largest absolute Gasteiger partial charge is 0.343 e. The van der Waals surface area contributed by atoms with Gasteiger partial charge < -0.3 is 14.7 Å². The van der Waals surface area contributed by atoms with Crippen LogP contribution in [0.5, 0.6) is 0 Å². The zero-order chi connectivity index (χ0) is 21.6. The van der Waals surface area contributed by atoms with E-state index in [0.717, 1.165) is 57.3 Å². The molecule has 3 aliphatic heterocycles. The minimum Gasteiger partial charge on any atom is -0.343 e. The van der Waals surface area contributed by atoms with Crippen LogP contribution in [-0.4, -0.2) is 71.5 Å². The molecule has 2 saturated carbocycles. The number of anilines is 1. The molecule has 4 heterocycles. The summed E-state index contributed by atoms with van der Waals surface area (Å²) >= 11 is 0. The van der Waals surface area contributed by atoms with Crippen LogP contribution in [0, 0.1) is 22.7 Å². The van der Waals surface area contributed by atoms with Crippen LogP contribution < -0.4 is 4.90 Å². The molecule has 32 heavy (non-hydrogen) atoms. The van der Waals surface area contributed by atoms with Crippen molar-refractivity contribution in [3.05, 3.63) is 18.5 Å². The van der Waals surface area contributed by atoms with Crippen molar-refractivity contribution in [2.24, 2.45) is 22.7 Å². The maximum Gasteiger partial charge on any atom is 0.225 e. The zero-order valence-corrected chi connectivity index (χ0v) is 19.6. The molecule has 5 fully saturated rings. The summed E-state index contributed by atoms with van der Waals surface area (Å²) in [5.41, 5.74) is 0.625. The molecule has 0 radical (unpaired) electrons. The van der Waals surface area contributed by atoms with Gasteiger partial charge in [0.2, 0.25) is 11.9 Å². The number of hydrogen-bond acceptors (Lipinski definition) is 5. The lowest BCUT2D eigenvalue weighted by Gasteiger charge is -2.57. The highest BCUT2D eigenvalue weighted by Gasteiger charge is 2.63. The zero-order valence-electron chi connectivity index (χ0n) is 19.6. The lowest BCUT2D eigenvalue weighted by Crippen LogP contribution is -2.64. The molecule has 3 saturated heterocycles. The number of carbonyl (C=O) groups excluding carboxylic acids is 1. The molecule has 6 nitrogen and oxygen atoms in total. The maximum absolute atomic E-state index is 13.1. The number of rotatable bonds is 5. The predicted octanol–water partition coefficient (Wildman–Crippen LogP) is 3.59. The Hall–Kier alpha value is -1.69. The highest BCUT2D eigenvalue weighted by molar-refractivity contribution is 5.76. The SMILES string of the molecule is O=C(CC1CCCC1)N1CCCC2(CC1)CN(c1ncccn1)CC21CN(CC2CC2)C1. The highest BCUT2D eigenvalue weighted by atomic mass is 16.2. The maximum atomic E-state index is 13.1. The molecule has 6 heteroatoms. The summed E-state index contributed by atoms with van der Waals surface area (Å²) in [5.74, 6) is 2.91. The number of nitrogens with zero attached hydrogens (tertiary/aromatic N) is 5. The topological polar surface area (TPSA) is 52.6 Å². The molecule has 2 spiro atoms. The standard InChI is InChI=1S/C26H39N5O/c32-23(15-21-5-1-2-6-21)30-13-3-9-25(10-14-30)19-31(24-27-11-4-12-28-24)20-26(25)17-29(18-26)16-22-7-8-22/h4,11-12,21-22H,1-3,5-10,13-20H2. The second-order valence-corrected chi connectivity index (χ2v) is 11.7. The molecular weight excluding hydrogens is 398 g/mol. The van der Waals surface area contributed by atoms with Gasteiger partial charge in [0.15, 0.2) is 0 Å². The quantitative estimate of drug-likeness (QED) is 0.705. The van der Waals surface area contributed by atoms with Crippen molar-refractivity contribution in [1.29, 1.82) is 0 Å². The van der Waals surface area contributed by atoms with E-state index < -0.39 is 0 Å². The summed E-state index contributed by atoms with van der Waals surface area (Å²) in [6, 6.07) is 1.91. The molecule has 1 aromatic heterocycles. The van der Waals surface area contributed by atoms with Gasteiger partial charge in [0, 0.05) is 70.0 Å². The smallest absolute Gasteiger partial charge is 0.225 e. The fourth-order valence-electron chi connectivity index (χ4n) is 7.48. The molecular formula is C26H39N5O. The molecule has 0 aromatic carbocycles. The molecule has 1 atom stereocenters. The van der Waals surface area contributed by atoms with Crippen LogP contribution in [0.15, 0.2) is 18.5 Å². The van der Waals surface area contributed by atoms with Crippen molar-refractivity contribution < 1.29 is 4.79 Å². The number of likely N-dealkylation sites (tertiary alicyclic amines) is 2. The third kappa shape index (κ3) is 3.82. The van der Waals surface area contributed by atoms with Crippen molar-refractivity contribution in [3.8, 4) is 0 Å². The van der Waals surface area contributed by atoms with Crippen molar-refractivity contribution in [2.75, 3.05) is 50.7 Å². The van der Waals surface area contributed by atoms with E-state index in [1.54, 1.807) is 0 Å². The van der Waals surface area contributed by atoms with E-state index in [4.69, 9.17) is 0 Å². The molecule has 2 aliphatic carbocycles. The van der Waals surface area contributed by atoms with Gasteiger partial charge in [-0.05, 0) is 68.3 Å². The highest BCUT2D eigenvalue weighted by Crippen LogP contribution is 2.58. The summed E-state index contributed by atoms with van der Waals surface area (Å²) in [6.07, 6.45) is 16.1. The summed E-state index contributed by atoms with van der Waals surface area (Å²) in [4.78, 5) is 29.7. The number of hydrogen-bond donors (Lipinski definition) is 0. The van der Waals surface area contributed by atoms with Gasteiger partial charge in [0.1, 0.15) is 0 Å². The molecule has 1 unspecified atom stereocenters. The van der Waals surface area contributed by atoms with Crippen LogP contribution in [0.25, 0.3) is 0 Å². The van der Waals surface area contributed by atoms with Gasteiger partial charge in [0.05, 0.1) is 0 Å². The first-order valence-electron chi connectivity index (χ1n) is 13.2. The summed E-state index contributed by atoms with van der Waals surface area (Å²) < 4.78 is 0. The number of amides is 1. The Kier molecular flexibility index (Phi) is 5.39. The van der Waals surface area contributed by atoms with E-state index in [1.165, 1.54) is 64.6 Å².